The first kappa shape index (κ1) is 12.9. The van der Waals surface area contributed by atoms with E-state index in [2.05, 4.69) is 33.6 Å². The van der Waals surface area contributed by atoms with Crippen molar-refractivity contribution in [1.29, 1.82) is 0 Å². The van der Waals surface area contributed by atoms with Gasteiger partial charge in [0.2, 0.25) is 0 Å². The Kier molecular flexibility index (Phi) is 4.55. The monoisotopic (exact) mass is 248 g/mol. The molecule has 0 bridgehead atoms. The van der Waals surface area contributed by atoms with Gasteiger partial charge in [0.1, 0.15) is 0 Å². The summed E-state index contributed by atoms with van der Waals surface area (Å²) in [5, 5.41) is 6.65. The molecule has 0 atom stereocenters. The summed E-state index contributed by atoms with van der Waals surface area (Å²) in [7, 11) is 0. The molecule has 0 aliphatic heterocycles. The number of likely N-dealkylation sites (N-methyl/N-ethyl adjacent to an activating group) is 1. The second kappa shape index (κ2) is 6.37. The van der Waals surface area contributed by atoms with E-state index in [1.54, 1.807) is 0 Å². The predicted octanol–water partition coefficient (Wildman–Crippen LogP) is 0.598. The maximum Gasteiger partial charge on any atom is 0.323 e. The van der Waals surface area contributed by atoms with Crippen molar-refractivity contribution in [1.82, 2.24) is 20.6 Å². The van der Waals surface area contributed by atoms with Gasteiger partial charge in [-0.2, -0.15) is 0 Å². The third-order valence-corrected chi connectivity index (χ3v) is 2.90. The van der Waals surface area contributed by atoms with Crippen LogP contribution in [0.5, 0.6) is 0 Å². The van der Waals surface area contributed by atoms with Crippen molar-refractivity contribution in [3.63, 3.8) is 0 Å². The van der Waals surface area contributed by atoms with E-state index in [0.29, 0.717) is 0 Å². The molecule has 0 aliphatic rings. The van der Waals surface area contributed by atoms with E-state index in [-0.39, 0.29) is 5.69 Å². The van der Waals surface area contributed by atoms with Gasteiger partial charge >= 0.3 is 5.69 Å². The van der Waals surface area contributed by atoms with Gasteiger partial charge in [-0.3, -0.25) is 0 Å². The molecule has 1 aromatic heterocycles. The van der Waals surface area contributed by atoms with Crippen molar-refractivity contribution in [3.8, 4) is 0 Å². The third-order valence-electron chi connectivity index (χ3n) is 2.90. The topological polar surface area (TPSA) is 72.7 Å². The Labute approximate surface area is 106 Å². The van der Waals surface area contributed by atoms with Gasteiger partial charge < -0.3 is 20.6 Å². The fraction of sp³-hybridized carbons (Fsp3) is 0.462. The summed E-state index contributed by atoms with van der Waals surface area (Å²) < 4.78 is 0. The SMILES string of the molecule is CCNCCNCCc1ccc2[nH]c(=O)[nH]c2c1. The molecular weight excluding hydrogens is 228 g/mol. The second-order valence-corrected chi connectivity index (χ2v) is 4.31. The van der Waals surface area contributed by atoms with Gasteiger partial charge in [0.05, 0.1) is 11.0 Å². The fourth-order valence-corrected chi connectivity index (χ4v) is 1.95. The molecule has 5 nitrogen and oxygen atoms in total. The summed E-state index contributed by atoms with van der Waals surface area (Å²) in [6.07, 6.45) is 0.968. The first-order chi connectivity index (χ1) is 8.79. The van der Waals surface area contributed by atoms with Gasteiger partial charge in [0.15, 0.2) is 0 Å². The molecule has 0 radical (unpaired) electrons. The number of fused-ring (bicyclic) bond motifs is 1. The highest BCUT2D eigenvalue weighted by Crippen LogP contribution is 2.10. The van der Waals surface area contributed by atoms with Gasteiger partial charge in [-0.1, -0.05) is 13.0 Å². The van der Waals surface area contributed by atoms with Crippen LogP contribution in [-0.2, 0) is 6.42 Å². The molecule has 0 saturated carbocycles. The number of H-pyrrole nitrogens is 2. The molecule has 0 aliphatic carbocycles. The summed E-state index contributed by atoms with van der Waals surface area (Å²) in [5.41, 5.74) is 2.83. The average Bonchev–Trinajstić information content (AvgIpc) is 2.73. The molecular formula is C13H20N4O. The lowest BCUT2D eigenvalue weighted by atomic mass is 10.1. The minimum atomic E-state index is -0.147. The number of benzene rings is 1. The number of hydrogen-bond acceptors (Lipinski definition) is 3. The summed E-state index contributed by atoms with van der Waals surface area (Å²) in [6, 6.07) is 6.03. The van der Waals surface area contributed by atoms with Crippen molar-refractivity contribution in [2.75, 3.05) is 26.2 Å². The molecule has 0 unspecified atom stereocenters. The number of rotatable bonds is 7. The van der Waals surface area contributed by atoms with Gasteiger partial charge in [-0.25, -0.2) is 4.79 Å². The van der Waals surface area contributed by atoms with E-state index in [1.165, 1.54) is 5.56 Å². The van der Waals surface area contributed by atoms with Crippen LogP contribution >= 0.6 is 0 Å². The minimum absolute atomic E-state index is 0.147. The lowest BCUT2D eigenvalue weighted by Crippen LogP contribution is -2.28. The number of aromatic nitrogens is 2. The van der Waals surface area contributed by atoms with Crippen LogP contribution in [0.1, 0.15) is 12.5 Å². The van der Waals surface area contributed by atoms with E-state index < -0.39 is 0 Å². The van der Waals surface area contributed by atoms with Crippen molar-refractivity contribution in [2.45, 2.75) is 13.3 Å². The zero-order valence-corrected chi connectivity index (χ0v) is 10.7. The number of imidazole rings is 1. The highest BCUT2D eigenvalue weighted by atomic mass is 16.1. The second-order valence-electron chi connectivity index (χ2n) is 4.31. The summed E-state index contributed by atoms with van der Waals surface area (Å²) in [6.45, 7) is 6.05. The van der Waals surface area contributed by atoms with E-state index >= 15 is 0 Å². The molecule has 2 aromatic rings. The van der Waals surface area contributed by atoms with Crippen molar-refractivity contribution in [3.05, 3.63) is 34.2 Å². The predicted molar refractivity (Wildman–Crippen MR) is 74.0 cm³/mol. The number of nitrogens with one attached hydrogen (secondary N) is 4. The maximum absolute atomic E-state index is 11.1. The molecule has 1 heterocycles. The first-order valence-electron chi connectivity index (χ1n) is 6.42. The Balaban J connectivity index is 1.82. The van der Waals surface area contributed by atoms with Crippen LogP contribution in [0.3, 0.4) is 0 Å². The van der Waals surface area contributed by atoms with Crippen LogP contribution < -0.4 is 16.3 Å². The summed E-state index contributed by atoms with van der Waals surface area (Å²) in [5.74, 6) is 0. The van der Waals surface area contributed by atoms with Crippen LogP contribution in [0, 0.1) is 0 Å². The molecule has 0 fully saturated rings. The Bertz CT molecular complexity index is 543. The van der Waals surface area contributed by atoms with Gasteiger partial charge in [-0.05, 0) is 37.2 Å². The van der Waals surface area contributed by atoms with Crippen LogP contribution in [-0.4, -0.2) is 36.1 Å². The smallest absolute Gasteiger partial charge is 0.316 e. The third kappa shape index (κ3) is 3.45. The zero-order chi connectivity index (χ0) is 12.8. The molecule has 4 N–H and O–H groups in total. The standard InChI is InChI=1S/C13H20N4O/c1-2-14-7-8-15-6-5-10-3-4-11-12(9-10)17-13(18)16-11/h3-4,9,14-15H,2,5-8H2,1H3,(H2,16,17,18). The van der Waals surface area contributed by atoms with E-state index in [9.17, 15) is 4.79 Å². The quantitative estimate of drug-likeness (QED) is 0.542. The van der Waals surface area contributed by atoms with Crippen molar-refractivity contribution >= 4 is 11.0 Å². The Hall–Kier alpha value is -1.59. The Morgan fingerprint density at radius 2 is 1.83 bits per heavy atom. The fourth-order valence-electron chi connectivity index (χ4n) is 1.95. The normalized spacial score (nSPS) is 11.2. The molecule has 18 heavy (non-hydrogen) atoms. The van der Waals surface area contributed by atoms with Crippen LogP contribution in [0.15, 0.2) is 23.0 Å². The first-order valence-corrected chi connectivity index (χ1v) is 6.42. The van der Waals surface area contributed by atoms with Gasteiger partial charge in [-0.15, -0.1) is 0 Å². The molecule has 0 saturated heterocycles. The number of aromatic amines is 2. The van der Waals surface area contributed by atoms with E-state index in [0.717, 1.165) is 43.6 Å². The lowest BCUT2D eigenvalue weighted by Gasteiger charge is -2.05. The van der Waals surface area contributed by atoms with E-state index in [4.69, 9.17) is 0 Å². The summed E-state index contributed by atoms with van der Waals surface area (Å²) in [4.78, 5) is 16.6. The lowest BCUT2D eigenvalue weighted by molar-refractivity contribution is 0.624. The van der Waals surface area contributed by atoms with Crippen LogP contribution in [0.4, 0.5) is 0 Å². The van der Waals surface area contributed by atoms with Crippen LogP contribution in [0.2, 0.25) is 0 Å². The average molecular weight is 248 g/mol. The summed E-state index contributed by atoms with van der Waals surface area (Å²) >= 11 is 0. The zero-order valence-electron chi connectivity index (χ0n) is 10.7. The largest absolute Gasteiger partial charge is 0.323 e. The molecule has 98 valence electrons. The van der Waals surface area contributed by atoms with Gasteiger partial charge in [0, 0.05) is 13.1 Å². The van der Waals surface area contributed by atoms with E-state index in [1.807, 2.05) is 12.1 Å². The van der Waals surface area contributed by atoms with Crippen LogP contribution in [0.25, 0.3) is 11.0 Å². The highest BCUT2D eigenvalue weighted by molar-refractivity contribution is 5.74. The molecule has 0 amide bonds. The van der Waals surface area contributed by atoms with Gasteiger partial charge in [0.25, 0.3) is 0 Å². The molecule has 2 rings (SSSR count). The molecule has 1 aromatic carbocycles. The Morgan fingerprint density at radius 3 is 2.67 bits per heavy atom. The molecule has 0 spiro atoms. The highest BCUT2D eigenvalue weighted by Gasteiger charge is 1.99. The minimum Gasteiger partial charge on any atom is -0.316 e. The number of hydrogen-bond donors (Lipinski definition) is 4. The van der Waals surface area contributed by atoms with Crippen molar-refractivity contribution in [2.24, 2.45) is 0 Å². The van der Waals surface area contributed by atoms with Crippen molar-refractivity contribution < 1.29 is 0 Å². The maximum atomic E-state index is 11.1. The Morgan fingerprint density at radius 1 is 1.06 bits per heavy atom. The molecule has 5 heteroatoms.